The number of hydrogen-bond donors (Lipinski definition) is 0. The van der Waals surface area contributed by atoms with Crippen LogP contribution in [0.2, 0.25) is 5.02 Å². The van der Waals surface area contributed by atoms with Crippen molar-refractivity contribution in [3.8, 4) is 28.1 Å². The summed E-state index contributed by atoms with van der Waals surface area (Å²) < 4.78 is 23.8. The van der Waals surface area contributed by atoms with Crippen molar-refractivity contribution in [3.05, 3.63) is 64.4 Å². The fraction of sp³-hybridized carbons (Fsp3) is 0.0588. The van der Waals surface area contributed by atoms with Crippen molar-refractivity contribution < 1.29 is 9.13 Å². The van der Waals surface area contributed by atoms with E-state index >= 15 is 0 Å². The Hall–Kier alpha value is -2.42. The molecule has 0 spiro atoms. The summed E-state index contributed by atoms with van der Waals surface area (Å²) in [5.74, 6) is 0.00124. The summed E-state index contributed by atoms with van der Waals surface area (Å²) in [4.78, 5) is 0. The van der Waals surface area contributed by atoms with Crippen LogP contribution < -0.4 is 4.74 Å². The quantitative estimate of drug-likeness (QED) is 0.623. The average Bonchev–Trinajstić information content (AvgIpc) is 2.94. The molecule has 6 heteroatoms. The van der Waals surface area contributed by atoms with Crippen molar-refractivity contribution in [2.24, 2.45) is 0 Å². The van der Waals surface area contributed by atoms with Gasteiger partial charge in [0.25, 0.3) is 0 Å². The lowest BCUT2D eigenvalue weighted by atomic mass is 10.1. The molecule has 0 unspecified atom stereocenters. The molecule has 0 aliphatic rings. The maximum absolute atomic E-state index is 13.9. The topological polar surface area (TPSA) is 45.9 Å². The summed E-state index contributed by atoms with van der Waals surface area (Å²) in [6.45, 7) is 1.91. The molecule has 114 valence electrons. The van der Waals surface area contributed by atoms with Crippen LogP contribution >= 0.6 is 23.1 Å². The number of rotatable bonds is 3. The largest absolute Gasteiger partial charge is 0.442 e. The van der Waals surface area contributed by atoms with E-state index in [1.165, 1.54) is 6.07 Å². The van der Waals surface area contributed by atoms with Crippen molar-refractivity contribution >= 4 is 23.1 Å². The molecular weight excluding hydrogens is 335 g/mol. The molecule has 3 nitrogen and oxygen atoms in total. The first-order valence-electron chi connectivity index (χ1n) is 6.69. The van der Waals surface area contributed by atoms with E-state index in [4.69, 9.17) is 16.3 Å². The molecule has 0 fully saturated rings. The summed E-state index contributed by atoms with van der Waals surface area (Å²) in [7, 11) is 0. The predicted molar refractivity (Wildman–Crippen MR) is 88.5 cm³/mol. The summed E-state index contributed by atoms with van der Waals surface area (Å²) in [6, 6.07) is 13.6. The van der Waals surface area contributed by atoms with Gasteiger partial charge in [-0.1, -0.05) is 29.8 Å². The Morgan fingerprint density at radius 2 is 2.04 bits per heavy atom. The molecular formula is C17H10ClFN2OS. The number of hydrogen-bond acceptors (Lipinski definition) is 4. The van der Waals surface area contributed by atoms with Gasteiger partial charge in [0.15, 0.2) is 0 Å². The fourth-order valence-corrected chi connectivity index (χ4v) is 2.95. The molecule has 3 aromatic rings. The molecule has 0 saturated heterocycles. The number of benzene rings is 2. The Morgan fingerprint density at radius 1 is 1.26 bits per heavy atom. The highest BCUT2D eigenvalue weighted by molar-refractivity contribution is 7.08. The molecule has 0 amide bonds. The van der Waals surface area contributed by atoms with Crippen LogP contribution in [0.5, 0.6) is 10.8 Å². The lowest BCUT2D eigenvalue weighted by Crippen LogP contribution is -1.89. The maximum Gasteiger partial charge on any atom is 0.218 e. The van der Waals surface area contributed by atoms with E-state index in [9.17, 15) is 9.65 Å². The Kier molecular flexibility index (Phi) is 4.28. The molecule has 0 bridgehead atoms. The lowest BCUT2D eigenvalue weighted by Gasteiger charge is -2.06. The van der Waals surface area contributed by atoms with Gasteiger partial charge < -0.3 is 4.74 Å². The molecule has 0 aliphatic heterocycles. The van der Waals surface area contributed by atoms with E-state index in [1.54, 1.807) is 30.3 Å². The summed E-state index contributed by atoms with van der Waals surface area (Å²) >= 11 is 7.10. The molecule has 1 aromatic heterocycles. The zero-order valence-corrected chi connectivity index (χ0v) is 13.6. The molecule has 1 heterocycles. The van der Waals surface area contributed by atoms with Gasteiger partial charge in [0.2, 0.25) is 5.06 Å². The van der Waals surface area contributed by atoms with Crippen LogP contribution in [-0.2, 0) is 0 Å². The van der Waals surface area contributed by atoms with Crippen LogP contribution in [0.25, 0.3) is 11.3 Å². The van der Waals surface area contributed by atoms with Gasteiger partial charge in [-0.15, -0.1) is 0 Å². The number of aryl methyl sites for hydroxylation is 1. The van der Waals surface area contributed by atoms with Crippen LogP contribution in [0.1, 0.15) is 11.1 Å². The predicted octanol–water partition coefficient (Wildman–Crippen LogP) is 5.58. The van der Waals surface area contributed by atoms with E-state index in [-0.39, 0.29) is 16.8 Å². The SMILES string of the molecule is Cc1ccc(Cl)c(Oc2snc(-c3ccccc3F)c2C#N)c1. The molecule has 0 N–H and O–H groups in total. The Bertz CT molecular complexity index is 917. The van der Waals surface area contributed by atoms with Gasteiger partial charge in [-0.2, -0.15) is 9.64 Å². The van der Waals surface area contributed by atoms with Gasteiger partial charge in [0.05, 0.1) is 5.02 Å². The van der Waals surface area contributed by atoms with E-state index < -0.39 is 5.82 Å². The third-order valence-corrected chi connectivity index (χ3v) is 4.23. The molecule has 3 rings (SSSR count). The highest BCUT2D eigenvalue weighted by Gasteiger charge is 2.20. The minimum atomic E-state index is -0.436. The lowest BCUT2D eigenvalue weighted by molar-refractivity contribution is 0.495. The molecule has 0 radical (unpaired) electrons. The third-order valence-electron chi connectivity index (χ3n) is 3.19. The highest BCUT2D eigenvalue weighted by Crippen LogP contribution is 2.39. The van der Waals surface area contributed by atoms with Gasteiger partial charge in [0, 0.05) is 17.1 Å². The molecule has 0 atom stereocenters. The second-order valence-electron chi connectivity index (χ2n) is 4.82. The van der Waals surface area contributed by atoms with Crippen LogP contribution in [0.15, 0.2) is 42.5 Å². The van der Waals surface area contributed by atoms with Crippen molar-refractivity contribution in [1.29, 1.82) is 5.26 Å². The maximum atomic E-state index is 13.9. The molecule has 2 aromatic carbocycles. The second-order valence-corrected chi connectivity index (χ2v) is 5.96. The van der Waals surface area contributed by atoms with E-state index in [0.29, 0.717) is 15.8 Å². The summed E-state index contributed by atoms with van der Waals surface area (Å²) in [5, 5.41) is 10.1. The third kappa shape index (κ3) is 3.04. The first-order chi connectivity index (χ1) is 11.1. The van der Waals surface area contributed by atoms with Crippen molar-refractivity contribution in [2.75, 3.05) is 0 Å². The molecule has 0 aliphatic carbocycles. The molecule has 23 heavy (non-hydrogen) atoms. The number of aromatic nitrogens is 1. The highest BCUT2D eigenvalue weighted by atomic mass is 35.5. The zero-order valence-electron chi connectivity index (χ0n) is 12.0. The first-order valence-corrected chi connectivity index (χ1v) is 7.84. The van der Waals surface area contributed by atoms with Gasteiger partial charge >= 0.3 is 0 Å². The van der Waals surface area contributed by atoms with Gasteiger partial charge in [-0.3, -0.25) is 0 Å². The smallest absolute Gasteiger partial charge is 0.218 e. The fourth-order valence-electron chi connectivity index (χ4n) is 2.07. The Balaban J connectivity index is 2.04. The summed E-state index contributed by atoms with van der Waals surface area (Å²) in [6.07, 6.45) is 0. The van der Waals surface area contributed by atoms with Crippen molar-refractivity contribution in [3.63, 3.8) is 0 Å². The zero-order chi connectivity index (χ0) is 16.4. The second kappa shape index (κ2) is 6.37. The van der Waals surface area contributed by atoms with Crippen molar-refractivity contribution in [2.45, 2.75) is 6.92 Å². The number of ether oxygens (including phenoxy) is 1. The number of nitriles is 1. The van der Waals surface area contributed by atoms with Gasteiger partial charge in [-0.25, -0.2) is 4.39 Å². The number of nitrogens with zero attached hydrogens (tertiary/aromatic N) is 2. The van der Waals surface area contributed by atoms with Gasteiger partial charge in [-0.05, 0) is 36.8 Å². The van der Waals surface area contributed by atoms with E-state index in [1.807, 2.05) is 19.1 Å². The Labute approximate surface area is 141 Å². The van der Waals surface area contributed by atoms with Crippen LogP contribution in [0.3, 0.4) is 0 Å². The Morgan fingerprint density at radius 3 is 2.78 bits per heavy atom. The van der Waals surface area contributed by atoms with Crippen molar-refractivity contribution in [1.82, 2.24) is 4.37 Å². The first kappa shape index (κ1) is 15.5. The van der Waals surface area contributed by atoms with Crippen LogP contribution in [0, 0.1) is 24.1 Å². The average molecular weight is 345 g/mol. The monoisotopic (exact) mass is 344 g/mol. The number of halogens is 2. The molecule has 0 saturated carbocycles. The van der Waals surface area contributed by atoms with E-state index in [0.717, 1.165) is 17.1 Å². The van der Waals surface area contributed by atoms with E-state index in [2.05, 4.69) is 4.37 Å². The van der Waals surface area contributed by atoms with Gasteiger partial charge in [0.1, 0.15) is 28.9 Å². The van der Waals surface area contributed by atoms with Crippen LogP contribution in [0.4, 0.5) is 4.39 Å². The standard InChI is InChI=1S/C17H10ClFN2OS/c1-10-6-7-13(18)15(8-10)22-17-12(9-20)16(21-23-17)11-4-2-3-5-14(11)19/h2-8H,1H3. The minimum absolute atomic E-state index is 0.192. The normalized spacial score (nSPS) is 10.3. The minimum Gasteiger partial charge on any atom is -0.442 e. The van der Waals surface area contributed by atoms with Crippen LogP contribution in [-0.4, -0.2) is 4.37 Å². The summed E-state index contributed by atoms with van der Waals surface area (Å²) in [5.41, 5.74) is 1.71.